The van der Waals surface area contributed by atoms with Crippen LogP contribution in [0.5, 0.6) is 0 Å². The van der Waals surface area contributed by atoms with Crippen LogP contribution in [-0.2, 0) is 9.59 Å². The minimum Gasteiger partial charge on any atom is -0.478 e. The summed E-state index contributed by atoms with van der Waals surface area (Å²) in [4.78, 5) is 36.2. The summed E-state index contributed by atoms with van der Waals surface area (Å²) in [5.41, 5.74) is 6.17. The van der Waals surface area contributed by atoms with Crippen molar-refractivity contribution in [2.24, 2.45) is 11.7 Å². The number of nitrogens with two attached hydrogens (primary N) is 1. The molecule has 1 aliphatic rings. The van der Waals surface area contributed by atoms with Crippen LogP contribution >= 0.6 is 0 Å². The van der Waals surface area contributed by atoms with Crippen LogP contribution in [0.2, 0.25) is 0 Å². The molecule has 7 heteroatoms. The van der Waals surface area contributed by atoms with Gasteiger partial charge in [0.1, 0.15) is 6.04 Å². The fraction of sp³-hybridized carbons (Fsp3) is 0.500. The van der Waals surface area contributed by atoms with Gasteiger partial charge >= 0.3 is 5.97 Å². The van der Waals surface area contributed by atoms with Crippen molar-refractivity contribution in [3.8, 4) is 0 Å². The Balaban J connectivity index is 1.90. The molecule has 0 aromatic heterocycles. The van der Waals surface area contributed by atoms with Crippen molar-refractivity contribution in [2.75, 3.05) is 18.4 Å². The monoisotopic (exact) mass is 347 g/mol. The minimum atomic E-state index is -1.02. The summed E-state index contributed by atoms with van der Waals surface area (Å²) < 4.78 is 0. The van der Waals surface area contributed by atoms with Crippen LogP contribution in [0.3, 0.4) is 0 Å². The fourth-order valence-corrected chi connectivity index (χ4v) is 3.21. The van der Waals surface area contributed by atoms with Gasteiger partial charge in [0.15, 0.2) is 0 Å². The van der Waals surface area contributed by atoms with Gasteiger partial charge in [-0.1, -0.05) is 12.8 Å². The number of hydrogen-bond acceptors (Lipinski definition) is 4. The number of rotatable bonds is 9. The Bertz CT molecular complexity index is 603. The molecule has 25 heavy (non-hydrogen) atoms. The van der Waals surface area contributed by atoms with Gasteiger partial charge in [0.05, 0.1) is 5.56 Å². The number of carbonyl (C=O) groups is 3. The number of carboxylic acids is 1. The number of nitrogens with zero attached hydrogens (tertiary/aromatic N) is 1. The maximum atomic E-state index is 12.5. The largest absolute Gasteiger partial charge is 0.478 e. The zero-order valence-corrected chi connectivity index (χ0v) is 14.2. The number of amides is 2. The van der Waals surface area contributed by atoms with Crippen molar-refractivity contribution in [1.29, 1.82) is 0 Å². The van der Waals surface area contributed by atoms with E-state index >= 15 is 0 Å². The van der Waals surface area contributed by atoms with E-state index in [-0.39, 0.29) is 11.5 Å². The summed E-state index contributed by atoms with van der Waals surface area (Å²) in [7, 11) is 0. The van der Waals surface area contributed by atoms with Gasteiger partial charge in [-0.15, -0.1) is 0 Å². The summed E-state index contributed by atoms with van der Waals surface area (Å²) in [6.07, 6.45) is 5.50. The third-order valence-corrected chi connectivity index (χ3v) is 4.58. The SMILES string of the molecule is NCCCCCC1CC(C(=O)Nc2ccc(C(=O)O)cc2)N(C=O)C1. The Morgan fingerprint density at radius 1 is 1.24 bits per heavy atom. The van der Waals surface area contributed by atoms with E-state index in [1.54, 1.807) is 17.0 Å². The lowest BCUT2D eigenvalue weighted by Gasteiger charge is -2.19. The fourth-order valence-electron chi connectivity index (χ4n) is 3.21. The first-order valence-electron chi connectivity index (χ1n) is 8.60. The highest BCUT2D eigenvalue weighted by atomic mass is 16.4. The lowest BCUT2D eigenvalue weighted by Crippen LogP contribution is -2.38. The lowest BCUT2D eigenvalue weighted by atomic mass is 9.98. The highest BCUT2D eigenvalue weighted by Gasteiger charge is 2.35. The Morgan fingerprint density at radius 3 is 2.56 bits per heavy atom. The molecule has 136 valence electrons. The van der Waals surface area contributed by atoms with Crippen LogP contribution < -0.4 is 11.1 Å². The predicted molar refractivity (Wildman–Crippen MR) is 94.2 cm³/mol. The number of anilines is 1. The molecule has 1 fully saturated rings. The minimum absolute atomic E-state index is 0.158. The van der Waals surface area contributed by atoms with Crippen molar-refractivity contribution >= 4 is 24.0 Å². The predicted octanol–water partition coefficient (Wildman–Crippen LogP) is 1.69. The van der Waals surface area contributed by atoms with Crippen molar-refractivity contribution in [2.45, 2.75) is 38.1 Å². The van der Waals surface area contributed by atoms with Crippen molar-refractivity contribution in [3.05, 3.63) is 29.8 Å². The number of carboxylic acid groups (broad SMARTS) is 1. The van der Waals surface area contributed by atoms with E-state index in [4.69, 9.17) is 10.8 Å². The number of nitrogens with one attached hydrogen (secondary N) is 1. The van der Waals surface area contributed by atoms with Crippen LogP contribution in [0.1, 0.15) is 42.5 Å². The molecule has 0 saturated carbocycles. The van der Waals surface area contributed by atoms with Gasteiger partial charge in [0.2, 0.25) is 12.3 Å². The first kappa shape index (κ1) is 18.9. The van der Waals surface area contributed by atoms with Crippen LogP contribution in [0.4, 0.5) is 5.69 Å². The summed E-state index contributed by atoms with van der Waals surface area (Å²) in [6.45, 7) is 1.29. The van der Waals surface area contributed by atoms with E-state index in [1.807, 2.05) is 0 Å². The van der Waals surface area contributed by atoms with Gasteiger partial charge in [0.25, 0.3) is 0 Å². The number of unbranched alkanes of at least 4 members (excludes halogenated alkanes) is 2. The van der Waals surface area contributed by atoms with E-state index in [0.717, 1.165) is 32.1 Å². The molecule has 1 saturated heterocycles. The molecule has 2 unspecified atom stereocenters. The number of aromatic carboxylic acids is 1. The molecular formula is C18H25N3O4. The Labute approximate surface area is 147 Å². The number of benzene rings is 1. The molecule has 1 aromatic rings. The maximum Gasteiger partial charge on any atom is 0.335 e. The molecular weight excluding hydrogens is 322 g/mol. The van der Waals surface area contributed by atoms with E-state index < -0.39 is 12.0 Å². The van der Waals surface area contributed by atoms with Gasteiger partial charge in [-0.25, -0.2) is 4.79 Å². The van der Waals surface area contributed by atoms with Crippen LogP contribution in [-0.4, -0.2) is 47.4 Å². The number of likely N-dealkylation sites (tertiary alicyclic amines) is 1. The summed E-state index contributed by atoms with van der Waals surface area (Å²) in [5.74, 6) is -0.925. The van der Waals surface area contributed by atoms with Crippen molar-refractivity contribution in [1.82, 2.24) is 4.90 Å². The van der Waals surface area contributed by atoms with Gasteiger partial charge < -0.3 is 21.1 Å². The second-order valence-corrected chi connectivity index (χ2v) is 6.43. The molecule has 0 bridgehead atoms. The first-order valence-corrected chi connectivity index (χ1v) is 8.60. The smallest absolute Gasteiger partial charge is 0.335 e. The summed E-state index contributed by atoms with van der Waals surface area (Å²) >= 11 is 0. The second-order valence-electron chi connectivity index (χ2n) is 6.43. The van der Waals surface area contributed by atoms with E-state index in [1.165, 1.54) is 12.1 Å². The van der Waals surface area contributed by atoms with Crippen molar-refractivity contribution < 1.29 is 19.5 Å². The van der Waals surface area contributed by atoms with Gasteiger partial charge in [-0.05, 0) is 56.0 Å². The summed E-state index contributed by atoms with van der Waals surface area (Å²) in [5, 5.41) is 11.7. The van der Waals surface area contributed by atoms with Crippen molar-refractivity contribution in [3.63, 3.8) is 0 Å². The van der Waals surface area contributed by atoms with E-state index in [2.05, 4.69) is 5.32 Å². The Hall–Kier alpha value is -2.41. The average Bonchev–Trinajstić information content (AvgIpc) is 3.02. The molecule has 2 rings (SSSR count). The Kier molecular flexibility index (Phi) is 6.94. The molecule has 2 atom stereocenters. The first-order chi connectivity index (χ1) is 12.0. The summed E-state index contributed by atoms with van der Waals surface area (Å²) in [6, 6.07) is 5.49. The van der Waals surface area contributed by atoms with Crippen LogP contribution in [0, 0.1) is 5.92 Å². The molecule has 7 nitrogen and oxygen atoms in total. The topological polar surface area (TPSA) is 113 Å². The standard InChI is InChI=1S/C18H25N3O4/c19-9-3-1-2-4-13-10-16(21(11-13)12-22)17(23)20-15-7-5-14(6-8-15)18(24)25/h5-8,12-13,16H,1-4,9-11,19H2,(H,20,23)(H,24,25). The van der Waals surface area contributed by atoms with Crippen LogP contribution in [0.25, 0.3) is 0 Å². The Morgan fingerprint density at radius 2 is 1.96 bits per heavy atom. The quantitative estimate of drug-likeness (QED) is 0.465. The van der Waals surface area contributed by atoms with E-state index in [9.17, 15) is 14.4 Å². The molecule has 1 aromatic carbocycles. The lowest BCUT2D eigenvalue weighted by molar-refractivity contribution is -0.127. The highest BCUT2D eigenvalue weighted by molar-refractivity contribution is 5.96. The van der Waals surface area contributed by atoms with Crippen LogP contribution in [0.15, 0.2) is 24.3 Å². The molecule has 1 aliphatic heterocycles. The molecule has 1 heterocycles. The third kappa shape index (κ3) is 5.29. The highest BCUT2D eigenvalue weighted by Crippen LogP contribution is 2.27. The molecule has 0 aliphatic carbocycles. The van der Waals surface area contributed by atoms with Gasteiger partial charge in [-0.3, -0.25) is 9.59 Å². The van der Waals surface area contributed by atoms with E-state index in [0.29, 0.717) is 31.1 Å². The second kappa shape index (κ2) is 9.17. The number of hydrogen-bond donors (Lipinski definition) is 3. The average molecular weight is 347 g/mol. The molecule has 0 radical (unpaired) electrons. The molecule has 4 N–H and O–H groups in total. The third-order valence-electron chi connectivity index (χ3n) is 4.58. The van der Waals surface area contributed by atoms with Gasteiger partial charge in [0, 0.05) is 12.2 Å². The molecule has 2 amide bonds. The zero-order valence-electron chi connectivity index (χ0n) is 14.2. The zero-order chi connectivity index (χ0) is 18.2. The number of carbonyl (C=O) groups excluding carboxylic acids is 2. The molecule has 0 spiro atoms. The maximum absolute atomic E-state index is 12.5. The van der Waals surface area contributed by atoms with Gasteiger partial charge in [-0.2, -0.15) is 0 Å². The normalized spacial score (nSPS) is 19.6.